The SMILES string of the molecule is CC1CCCN(Cc2sccc2Br)C1=O. The van der Waals surface area contributed by atoms with Gasteiger partial charge >= 0.3 is 0 Å². The molecule has 82 valence electrons. The summed E-state index contributed by atoms with van der Waals surface area (Å²) in [6.07, 6.45) is 2.18. The first-order valence-electron chi connectivity index (χ1n) is 5.19. The lowest BCUT2D eigenvalue weighted by Gasteiger charge is -2.30. The molecule has 4 heteroatoms. The van der Waals surface area contributed by atoms with Gasteiger partial charge in [-0.25, -0.2) is 0 Å². The van der Waals surface area contributed by atoms with E-state index in [0.717, 1.165) is 30.4 Å². The average molecular weight is 288 g/mol. The molecule has 0 radical (unpaired) electrons. The number of halogens is 1. The molecule has 1 saturated heterocycles. The second-order valence-electron chi connectivity index (χ2n) is 3.99. The van der Waals surface area contributed by atoms with Gasteiger partial charge < -0.3 is 4.90 Å². The van der Waals surface area contributed by atoms with E-state index < -0.39 is 0 Å². The van der Waals surface area contributed by atoms with Gasteiger partial charge in [0, 0.05) is 21.8 Å². The van der Waals surface area contributed by atoms with Crippen molar-refractivity contribution in [3.8, 4) is 0 Å². The number of thiophene rings is 1. The van der Waals surface area contributed by atoms with Gasteiger partial charge in [0.05, 0.1) is 6.54 Å². The summed E-state index contributed by atoms with van der Waals surface area (Å²) in [5.74, 6) is 0.513. The molecule has 0 aliphatic carbocycles. The van der Waals surface area contributed by atoms with Crippen LogP contribution in [0.15, 0.2) is 15.9 Å². The molecule has 2 heterocycles. The Morgan fingerprint density at radius 2 is 2.47 bits per heavy atom. The highest BCUT2D eigenvalue weighted by molar-refractivity contribution is 9.10. The van der Waals surface area contributed by atoms with Crippen LogP contribution in [0.5, 0.6) is 0 Å². The Bertz CT molecular complexity index is 363. The van der Waals surface area contributed by atoms with E-state index >= 15 is 0 Å². The third-order valence-electron chi connectivity index (χ3n) is 2.82. The first-order valence-corrected chi connectivity index (χ1v) is 6.86. The fraction of sp³-hybridized carbons (Fsp3) is 0.545. The van der Waals surface area contributed by atoms with Crippen LogP contribution in [0.2, 0.25) is 0 Å². The Morgan fingerprint density at radius 3 is 3.13 bits per heavy atom. The zero-order valence-corrected chi connectivity index (χ0v) is 11.1. The molecule has 1 aromatic heterocycles. The molecule has 1 amide bonds. The number of piperidine rings is 1. The number of hydrogen-bond acceptors (Lipinski definition) is 2. The van der Waals surface area contributed by atoms with Crippen molar-refractivity contribution in [1.82, 2.24) is 4.90 Å². The monoisotopic (exact) mass is 287 g/mol. The molecule has 0 bridgehead atoms. The highest BCUT2D eigenvalue weighted by Gasteiger charge is 2.25. The zero-order chi connectivity index (χ0) is 10.8. The predicted octanol–water partition coefficient (Wildman–Crippen LogP) is 3.27. The van der Waals surface area contributed by atoms with Gasteiger partial charge in [0.1, 0.15) is 0 Å². The molecule has 0 spiro atoms. The summed E-state index contributed by atoms with van der Waals surface area (Å²) >= 11 is 5.21. The van der Waals surface area contributed by atoms with Gasteiger partial charge in [-0.2, -0.15) is 0 Å². The van der Waals surface area contributed by atoms with Gasteiger partial charge in [0.25, 0.3) is 0 Å². The Labute approximate surface area is 102 Å². The van der Waals surface area contributed by atoms with Crippen LogP contribution in [0, 0.1) is 5.92 Å². The molecule has 1 fully saturated rings. The summed E-state index contributed by atoms with van der Waals surface area (Å²) in [6, 6.07) is 2.04. The lowest BCUT2D eigenvalue weighted by Crippen LogP contribution is -2.39. The van der Waals surface area contributed by atoms with Crippen LogP contribution in [-0.2, 0) is 11.3 Å². The number of hydrogen-bond donors (Lipinski definition) is 0. The molecule has 0 aromatic carbocycles. The fourth-order valence-corrected chi connectivity index (χ4v) is 3.39. The van der Waals surface area contributed by atoms with Crippen LogP contribution in [0.3, 0.4) is 0 Å². The average Bonchev–Trinajstić information content (AvgIpc) is 2.60. The molecular weight excluding hydrogens is 274 g/mol. The van der Waals surface area contributed by atoms with Crippen molar-refractivity contribution in [3.05, 3.63) is 20.8 Å². The first kappa shape index (κ1) is 11.1. The summed E-state index contributed by atoms with van der Waals surface area (Å²) in [4.78, 5) is 15.1. The first-order chi connectivity index (χ1) is 7.18. The van der Waals surface area contributed by atoms with Gasteiger partial charge in [-0.15, -0.1) is 11.3 Å². The number of likely N-dealkylation sites (tertiary alicyclic amines) is 1. The third kappa shape index (κ3) is 2.42. The molecule has 15 heavy (non-hydrogen) atoms. The fourth-order valence-electron chi connectivity index (χ4n) is 1.90. The van der Waals surface area contributed by atoms with E-state index in [2.05, 4.69) is 21.3 Å². The second kappa shape index (κ2) is 4.66. The van der Waals surface area contributed by atoms with Crippen LogP contribution in [0.25, 0.3) is 0 Å². The van der Waals surface area contributed by atoms with Gasteiger partial charge in [0.15, 0.2) is 0 Å². The van der Waals surface area contributed by atoms with Crippen molar-refractivity contribution in [1.29, 1.82) is 0 Å². The Morgan fingerprint density at radius 1 is 1.67 bits per heavy atom. The number of amides is 1. The van der Waals surface area contributed by atoms with E-state index in [0.29, 0.717) is 5.91 Å². The van der Waals surface area contributed by atoms with Gasteiger partial charge in [-0.1, -0.05) is 6.92 Å². The number of carbonyl (C=O) groups is 1. The van der Waals surface area contributed by atoms with Crippen LogP contribution in [0.4, 0.5) is 0 Å². The lowest BCUT2D eigenvalue weighted by molar-refractivity contribution is -0.138. The number of nitrogens with zero attached hydrogens (tertiary/aromatic N) is 1. The Balaban J connectivity index is 2.05. The van der Waals surface area contributed by atoms with Crippen molar-refractivity contribution < 1.29 is 4.79 Å². The molecule has 0 N–H and O–H groups in total. The van der Waals surface area contributed by atoms with E-state index in [9.17, 15) is 4.79 Å². The molecular formula is C11H14BrNOS. The molecule has 1 atom stereocenters. The zero-order valence-electron chi connectivity index (χ0n) is 8.70. The molecule has 1 aromatic rings. The van der Waals surface area contributed by atoms with Gasteiger partial charge in [-0.05, 0) is 40.2 Å². The minimum absolute atomic E-state index is 0.206. The molecule has 1 aliphatic rings. The quantitative estimate of drug-likeness (QED) is 0.818. The van der Waals surface area contributed by atoms with Crippen LogP contribution < -0.4 is 0 Å². The van der Waals surface area contributed by atoms with Gasteiger partial charge in [0.2, 0.25) is 5.91 Å². The van der Waals surface area contributed by atoms with Crippen molar-refractivity contribution in [3.63, 3.8) is 0 Å². The topological polar surface area (TPSA) is 20.3 Å². The predicted molar refractivity (Wildman–Crippen MR) is 65.8 cm³/mol. The summed E-state index contributed by atoms with van der Waals surface area (Å²) in [7, 11) is 0. The van der Waals surface area contributed by atoms with Crippen LogP contribution in [-0.4, -0.2) is 17.4 Å². The van der Waals surface area contributed by atoms with E-state index in [-0.39, 0.29) is 5.92 Å². The molecule has 2 rings (SSSR count). The standard InChI is InChI=1S/C11H14BrNOS/c1-8-3-2-5-13(11(8)14)7-10-9(12)4-6-15-10/h4,6,8H,2-3,5,7H2,1H3. The molecule has 2 nitrogen and oxygen atoms in total. The van der Waals surface area contributed by atoms with Crippen molar-refractivity contribution in [2.75, 3.05) is 6.54 Å². The van der Waals surface area contributed by atoms with Crippen molar-refractivity contribution in [2.45, 2.75) is 26.3 Å². The summed E-state index contributed by atoms with van der Waals surface area (Å²) in [6.45, 7) is 3.70. The highest BCUT2D eigenvalue weighted by Crippen LogP contribution is 2.26. The van der Waals surface area contributed by atoms with Gasteiger partial charge in [-0.3, -0.25) is 4.79 Å². The van der Waals surface area contributed by atoms with E-state index in [4.69, 9.17) is 0 Å². The third-order valence-corrected chi connectivity index (χ3v) is 4.74. The summed E-state index contributed by atoms with van der Waals surface area (Å²) < 4.78 is 1.12. The number of rotatable bonds is 2. The minimum Gasteiger partial charge on any atom is -0.337 e. The molecule has 1 unspecified atom stereocenters. The summed E-state index contributed by atoms with van der Waals surface area (Å²) in [5, 5.41) is 2.05. The lowest BCUT2D eigenvalue weighted by atomic mass is 9.99. The number of carbonyl (C=O) groups excluding carboxylic acids is 1. The second-order valence-corrected chi connectivity index (χ2v) is 5.85. The Kier molecular flexibility index (Phi) is 3.46. The maximum atomic E-state index is 11.9. The van der Waals surface area contributed by atoms with Crippen LogP contribution >= 0.6 is 27.3 Å². The van der Waals surface area contributed by atoms with E-state index in [1.54, 1.807) is 11.3 Å². The normalized spacial score (nSPS) is 22.1. The van der Waals surface area contributed by atoms with Crippen molar-refractivity contribution >= 4 is 33.2 Å². The van der Waals surface area contributed by atoms with Crippen molar-refractivity contribution in [2.24, 2.45) is 5.92 Å². The molecule has 0 saturated carbocycles. The van der Waals surface area contributed by atoms with Crippen LogP contribution in [0.1, 0.15) is 24.6 Å². The smallest absolute Gasteiger partial charge is 0.225 e. The maximum Gasteiger partial charge on any atom is 0.225 e. The molecule has 1 aliphatic heterocycles. The minimum atomic E-state index is 0.206. The summed E-state index contributed by atoms with van der Waals surface area (Å²) in [5.41, 5.74) is 0. The Hall–Kier alpha value is -0.350. The maximum absolute atomic E-state index is 11.9. The largest absolute Gasteiger partial charge is 0.337 e. The highest BCUT2D eigenvalue weighted by atomic mass is 79.9. The van der Waals surface area contributed by atoms with E-state index in [1.165, 1.54) is 4.88 Å². The van der Waals surface area contributed by atoms with E-state index in [1.807, 2.05) is 17.9 Å².